The molecule has 6 nitrogen and oxygen atoms in total. The Labute approximate surface area is 128 Å². The largest absolute Gasteiger partial charge is 0.476 e. The first-order valence-electron chi connectivity index (χ1n) is 7.79. The first kappa shape index (κ1) is 17.5. The molecule has 0 radical (unpaired) electrons. The van der Waals surface area contributed by atoms with Crippen molar-refractivity contribution >= 4 is 11.5 Å². The van der Waals surface area contributed by atoms with Crippen molar-refractivity contribution in [2.45, 2.75) is 40.5 Å². The van der Waals surface area contributed by atoms with Gasteiger partial charge in [-0.25, -0.2) is 4.98 Å². The Hall–Kier alpha value is -1.56. The number of nitrogen functional groups attached to an aromatic ring is 1. The number of ether oxygens (including phenoxy) is 1. The molecule has 1 rings (SSSR count). The minimum absolute atomic E-state index is 0.230. The van der Waals surface area contributed by atoms with Crippen LogP contribution in [0.4, 0.5) is 11.5 Å². The number of likely N-dealkylation sites (N-methyl/N-ethyl adjacent to an activating group) is 1. The van der Waals surface area contributed by atoms with Gasteiger partial charge in [0.05, 0.1) is 6.61 Å². The van der Waals surface area contributed by atoms with Crippen LogP contribution in [0.5, 0.6) is 5.88 Å². The van der Waals surface area contributed by atoms with E-state index in [2.05, 4.69) is 47.9 Å². The quantitative estimate of drug-likeness (QED) is 0.728. The number of nitrogens with two attached hydrogens (primary N) is 1. The van der Waals surface area contributed by atoms with Crippen LogP contribution in [-0.2, 0) is 0 Å². The van der Waals surface area contributed by atoms with Gasteiger partial charge in [-0.3, -0.25) is 0 Å². The van der Waals surface area contributed by atoms with Crippen molar-refractivity contribution < 1.29 is 4.74 Å². The second-order valence-corrected chi connectivity index (χ2v) is 5.19. The molecule has 1 aromatic heterocycles. The van der Waals surface area contributed by atoms with Crippen molar-refractivity contribution in [2.75, 3.05) is 43.8 Å². The molecule has 0 bridgehead atoms. The van der Waals surface area contributed by atoms with Crippen molar-refractivity contribution in [1.29, 1.82) is 0 Å². The van der Waals surface area contributed by atoms with Crippen LogP contribution < -0.4 is 15.8 Å². The van der Waals surface area contributed by atoms with Crippen LogP contribution in [0.2, 0.25) is 0 Å². The van der Waals surface area contributed by atoms with Gasteiger partial charge in [0, 0.05) is 19.0 Å². The topological polar surface area (TPSA) is 76.3 Å². The molecule has 3 N–H and O–H groups in total. The van der Waals surface area contributed by atoms with Gasteiger partial charge in [0.15, 0.2) is 5.82 Å². The first-order valence-corrected chi connectivity index (χ1v) is 7.79. The summed E-state index contributed by atoms with van der Waals surface area (Å²) in [5.41, 5.74) is 6.58. The van der Waals surface area contributed by atoms with Crippen molar-refractivity contribution in [3.8, 4) is 5.88 Å². The van der Waals surface area contributed by atoms with Gasteiger partial charge in [-0.2, -0.15) is 4.98 Å². The van der Waals surface area contributed by atoms with E-state index in [1.807, 2.05) is 6.92 Å². The van der Waals surface area contributed by atoms with Gasteiger partial charge >= 0.3 is 0 Å². The third kappa shape index (κ3) is 5.04. The summed E-state index contributed by atoms with van der Waals surface area (Å²) in [5, 5.41) is 3.31. The average molecular weight is 295 g/mol. The maximum atomic E-state index is 6.09. The minimum atomic E-state index is 0.230. The Morgan fingerprint density at radius 1 is 1.19 bits per heavy atom. The molecule has 1 heterocycles. The smallest absolute Gasteiger partial charge is 0.242 e. The van der Waals surface area contributed by atoms with E-state index in [1.54, 1.807) is 0 Å². The number of nitrogens with zero attached hydrogens (tertiary/aromatic N) is 3. The zero-order valence-corrected chi connectivity index (χ0v) is 13.9. The van der Waals surface area contributed by atoms with Crippen LogP contribution in [-0.4, -0.2) is 47.7 Å². The Morgan fingerprint density at radius 3 is 2.38 bits per heavy atom. The van der Waals surface area contributed by atoms with Crippen LogP contribution >= 0.6 is 0 Å². The maximum Gasteiger partial charge on any atom is 0.242 e. The third-order valence-corrected chi connectivity index (χ3v) is 3.34. The molecule has 1 aromatic rings. The molecule has 0 saturated carbocycles. The van der Waals surface area contributed by atoms with Gasteiger partial charge in [0.2, 0.25) is 5.88 Å². The fourth-order valence-corrected chi connectivity index (χ4v) is 1.98. The van der Waals surface area contributed by atoms with Gasteiger partial charge < -0.3 is 20.7 Å². The van der Waals surface area contributed by atoms with Gasteiger partial charge in [0.1, 0.15) is 11.5 Å². The van der Waals surface area contributed by atoms with E-state index in [4.69, 9.17) is 10.5 Å². The van der Waals surface area contributed by atoms with Gasteiger partial charge in [-0.1, -0.05) is 27.7 Å². The molecule has 0 aliphatic rings. The lowest BCUT2D eigenvalue weighted by Gasteiger charge is -2.19. The normalized spacial score (nSPS) is 11.2. The average Bonchev–Trinajstić information content (AvgIpc) is 2.47. The Balaban J connectivity index is 2.84. The molecule has 120 valence electrons. The summed E-state index contributed by atoms with van der Waals surface area (Å²) in [5.74, 6) is 2.12. The Bertz CT molecular complexity index is 432. The Morgan fingerprint density at radius 2 is 1.86 bits per heavy atom. The summed E-state index contributed by atoms with van der Waals surface area (Å²) >= 11 is 0. The lowest BCUT2D eigenvalue weighted by Crippen LogP contribution is -2.29. The number of rotatable bonds is 9. The summed E-state index contributed by atoms with van der Waals surface area (Å²) in [6, 6.07) is 0. The van der Waals surface area contributed by atoms with Crippen molar-refractivity contribution in [1.82, 2.24) is 14.9 Å². The van der Waals surface area contributed by atoms with Crippen LogP contribution in [0.3, 0.4) is 0 Å². The second-order valence-electron chi connectivity index (χ2n) is 5.19. The highest BCUT2D eigenvalue weighted by Gasteiger charge is 2.14. The van der Waals surface area contributed by atoms with Crippen LogP contribution in [0.1, 0.15) is 46.4 Å². The predicted octanol–water partition coefficient (Wildman–Crippen LogP) is 2.33. The van der Waals surface area contributed by atoms with E-state index >= 15 is 0 Å². The molecule has 0 aromatic carbocycles. The van der Waals surface area contributed by atoms with Crippen molar-refractivity contribution in [3.05, 3.63) is 5.82 Å². The molecular formula is C15H29N5O. The molecule has 0 saturated heterocycles. The van der Waals surface area contributed by atoms with E-state index < -0.39 is 0 Å². The summed E-state index contributed by atoms with van der Waals surface area (Å²) in [7, 11) is 0. The minimum Gasteiger partial charge on any atom is -0.476 e. The molecule has 0 amide bonds. The standard InChI is InChI=1S/C15H29N5O/c1-6-20(7-2)10-9-17-14-12(16)15(21-8-3)19-13(18-14)11(4)5/h11H,6-10,16H2,1-5H3,(H,17,18,19). The van der Waals surface area contributed by atoms with E-state index in [-0.39, 0.29) is 5.92 Å². The van der Waals surface area contributed by atoms with Crippen LogP contribution in [0, 0.1) is 0 Å². The molecule has 6 heteroatoms. The molecule has 0 fully saturated rings. The number of aromatic nitrogens is 2. The number of hydrogen-bond donors (Lipinski definition) is 2. The third-order valence-electron chi connectivity index (χ3n) is 3.34. The number of nitrogens with one attached hydrogen (secondary N) is 1. The molecule has 0 aliphatic heterocycles. The first-order chi connectivity index (χ1) is 10.0. The fraction of sp³-hybridized carbons (Fsp3) is 0.733. The van der Waals surface area contributed by atoms with Crippen LogP contribution in [0.15, 0.2) is 0 Å². The van der Waals surface area contributed by atoms with Crippen molar-refractivity contribution in [2.24, 2.45) is 0 Å². The van der Waals surface area contributed by atoms with Gasteiger partial charge in [-0.15, -0.1) is 0 Å². The summed E-state index contributed by atoms with van der Waals surface area (Å²) in [4.78, 5) is 11.3. The summed E-state index contributed by atoms with van der Waals surface area (Å²) in [6.07, 6.45) is 0. The lowest BCUT2D eigenvalue weighted by atomic mass is 10.2. The second kappa shape index (κ2) is 8.67. The summed E-state index contributed by atoms with van der Waals surface area (Å²) in [6.45, 7) is 14.7. The highest BCUT2D eigenvalue weighted by Crippen LogP contribution is 2.28. The monoisotopic (exact) mass is 295 g/mol. The van der Waals surface area contributed by atoms with E-state index in [9.17, 15) is 0 Å². The van der Waals surface area contributed by atoms with Crippen LogP contribution in [0.25, 0.3) is 0 Å². The maximum absolute atomic E-state index is 6.09. The number of anilines is 2. The summed E-state index contributed by atoms with van der Waals surface area (Å²) < 4.78 is 5.51. The highest BCUT2D eigenvalue weighted by atomic mass is 16.5. The van der Waals surface area contributed by atoms with Gasteiger partial charge in [-0.05, 0) is 20.0 Å². The van der Waals surface area contributed by atoms with Crippen molar-refractivity contribution in [3.63, 3.8) is 0 Å². The SMILES string of the molecule is CCOc1nc(C(C)C)nc(NCCN(CC)CC)c1N. The fourth-order valence-electron chi connectivity index (χ4n) is 1.98. The number of hydrogen-bond acceptors (Lipinski definition) is 6. The zero-order valence-electron chi connectivity index (χ0n) is 13.9. The van der Waals surface area contributed by atoms with E-state index in [0.29, 0.717) is 24.0 Å². The lowest BCUT2D eigenvalue weighted by molar-refractivity contribution is 0.315. The zero-order chi connectivity index (χ0) is 15.8. The molecule has 0 aliphatic carbocycles. The van der Waals surface area contributed by atoms with E-state index in [1.165, 1.54) is 0 Å². The highest BCUT2D eigenvalue weighted by molar-refractivity contribution is 5.67. The Kier molecular flexibility index (Phi) is 7.22. The molecule has 0 atom stereocenters. The molecule has 0 spiro atoms. The molecular weight excluding hydrogens is 266 g/mol. The van der Waals surface area contributed by atoms with E-state index in [0.717, 1.165) is 32.0 Å². The molecule has 21 heavy (non-hydrogen) atoms. The predicted molar refractivity (Wildman–Crippen MR) is 88.0 cm³/mol. The molecule has 0 unspecified atom stereocenters. The van der Waals surface area contributed by atoms with Gasteiger partial charge in [0.25, 0.3) is 0 Å².